The van der Waals surface area contributed by atoms with Crippen molar-refractivity contribution in [2.75, 3.05) is 11.9 Å². The van der Waals surface area contributed by atoms with Crippen LogP contribution in [0.1, 0.15) is 18.3 Å². The first-order valence-electron chi connectivity index (χ1n) is 8.49. The number of nitro groups is 1. The summed E-state index contributed by atoms with van der Waals surface area (Å²) in [5, 5.41) is 16.8. The second-order valence-electron chi connectivity index (χ2n) is 6.42. The second kappa shape index (κ2) is 9.05. The minimum Gasteiger partial charge on any atom is -0.487 e. The minimum absolute atomic E-state index is 0.0847. The number of carbonyl (C=O) groups is 1. The lowest BCUT2D eigenvalue weighted by Crippen LogP contribution is -2.25. The van der Waals surface area contributed by atoms with Crippen molar-refractivity contribution in [3.8, 4) is 5.75 Å². The van der Waals surface area contributed by atoms with E-state index in [9.17, 15) is 36.9 Å². The lowest BCUT2D eigenvalue weighted by molar-refractivity contribution is -0.384. The zero-order valence-corrected chi connectivity index (χ0v) is 15.7. The van der Waals surface area contributed by atoms with Gasteiger partial charge in [0.25, 0.3) is 12.1 Å². The molecule has 0 spiro atoms. The predicted octanol–water partition coefficient (Wildman–Crippen LogP) is 4.04. The summed E-state index contributed by atoms with van der Waals surface area (Å²) in [5.41, 5.74) is -1.48. The summed E-state index contributed by atoms with van der Waals surface area (Å²) in [7, 11) is 0. The number of aryl methyl sites for hydroxylation is 1. The average molecular weight is 436 g/mol. The number of rotatable bonds is 8. The van der Waals surface area contributed by atoms with Crippen LogP contribution in [0.4, 0.5) is 33.3 Å². The molecule has 30 heavy (non-hydrogen) atoms. The van der Waals surface area contributed by atoms with Crippen molar-refractivity contribution < 1.29 is 36.4 Å². The van der Waals surface area contributed by atoms with Gasteiger partial charge in [0.05, 0.1) is 29.1 Å². The van der Waals surface area contributed by atoms with Crippen molar-refractivity contribution in [3.05, 3.63) is 45.8 Å². The fourth-order valence-corrected chi connectivity index (χ4v) is 2.44. The van der Waals surface area contributed by atoms with Crippen molar-refractivity contribution >= 4 is 17.3 Å². The number of benzene rings is 1. The topological polar surface area (TPSA) is 99.3 Å². The summed E-state index contributed by atoms with van der Waals surface area (Å²) in [6, 6.07) is 3.90. The number of hydrogen-bond acceptors (Lipinski definition) is 5. The minimum atomic E-state index is -4.63. The van der Waals surface area contributed by atoms with Gasteiger partial charge in [0.15, 0.2) is 5.69 Å². The van der Waals surface area contributed by atoms with E-state index in [1.165, 1.54) is 13.8 Å². The third-order valence-electron chi connectivity index (χ3n) is 3.91. The van der Waals surface area contributed by atoms with E-state index < -0.39 is 47.3 Å². The highest BCUT2D eigenvalue weighted by Gasteiger charge is 2.34. The first-order valence-corrected chi connectivity index (χ1v) is 8.49. The standard InChI is InChI=1S/C17H17F5N4O4/c1-9(7-25-10(2)3-14(24-25)17(20,21)22)16(27)23-11-4-12(26(28)29)6-13(5-11)30-8-15(18)19/h3-6,9,15H,7-8H2,1-2H3,(H,23,27). The molecule has 1 aromatic carbocycles. The van der Waals surface area contributed by atoms with Crippen molar-refractivity contribution in [3.63, 3.8) is 0 Å². The number of nitrogens with zero attached hydrogens (tertiary/aromatic N) is 3. The monoisotopic (exact) mass is 436 g/mol. The highest BCUT2D eigenvalue weighted by Crippen LogP contribution is 2.29. The van der Waals surface area contributed by atoms with Gasteiger partial charge in [0.1, 0.15) is 12.4 Å². The van der Waals surface area contributed by atoms with Gasteiger partial charge in [0.2, 0.25) is 5.91 Å². The molecule has 1 aromatic heterocycles. The summed E-state index contributed by atoms with van der Waals surface area (Å²) >= 11 is 0. The van der Waals surface area contributed by atoms with Gasteiger partial charge in [-0.05, 0) is 13.0 Å². The largest absolute Gasteiger partial charge is 0.487 e. The quantitative estimate of drug-likeness (QED) is 0.383. The van der Waals surface area contributed by atoms with Crippen LogP contribution in [0.25, 0.3) is 0 Å². The molecular formula is C17H17F5N4O4. The molecule has 0 bridgehead atoms. The number of aromatic nitrogens is 2. The van der Waals surface area contributed by atoms with Crippen molar-refractivity contribution in [2.24, 2.45) is 5.92 Å². The fourth-order valence-electron chi connectivity index (χ4n) is 2.44. The van der Waals surface area contributed by atoms with Crippen LogP contribution in [0.15, 0.2) is 24.3 Å². The van der Waals surface area contributed by atoms with Crippen molar-refractivity contribution in [2.45, 2.75) is 33.0 Å². The Morgan fingerprint density at radius 1 is 1.30 bits per heavy atom. The molecule has 0 aliphatic carbocycles. The Hall–Kier alpha value is -3.25. The van der Waals surface area contributed by atoms with Crippen LogP contribution in [0.3, 0.4) is 0 Å². The molecule has 2 aromatic rings. The molecule has 0 fully saturated rings. The van der Waals surface area contributed by atoms with E-state index in [2.05, 4.69) is 10.4 Å². The third kappa shape index (κ3) is 6.12. The van der Waals surface area contributed by atoms with E-state index in [0.29, 0.717) is 0 Å². The predicted molar refractivity (Wildman–Crippen MR) is 94.4 cm³/mol. The van der Waals surface area contributed by atoms with E-state index in [4.69, 9.17) is 4.74 Å². The van der Waals surface area contributed by atoms with Crippen LogP contribution in [-0.4, -0.2) is 33.6 Å². The van der Waals surface area contributed by atoms with Gasteiger partial charge in [-0.1, -0.05) is 6.92 Å². The van der Waals surface area contributed by atoms with Crippen LogP contribution in [-0.2, 0) is 17.5 Å². The maximum absolute atomic E-state index is 12.7. The zero-order valence-electron chi connectivity index (χ0n) is 15.7. The molecule has 1 N–H and O–H groups in total. The highest BCUT2D eigenvalue weighted by molar-refractivity contribution is 5.92. The van der Waals surface area contributed by atoms with Gasteiger partial charge in [-0.15, -0.1) is 0 Å². The van der Waals surface area contributed by atoms with Gasteiger partial charge in [-0.2, -0.15) is 18.3 Å². The Kier molecular flexibility index (Phi) is 6.95. The number of carbonyl (C=O) groups excluding carboxylic acids is 1. The zero-order chi connectivity index (χ0) is 22.6. The normalized spacial score (nSPS) is 12.7. The van der Waals surface area contributed by atoms with Crippen LogP contribution in [0.2, 0.25) is 0 Å². The summed E-state index contributed by atoms with van der Waals surface area (Å²) in [5.74, 6) is -1.78. The smallest absolute Gasteiger partial charge is 0.435 e. The molecule has 1 atom stereocenters. The van der Waals surface area contributed by atoms with Gasteiger partial charge in [0, 0.05) is 17.8 Å². The van der Waals surface area contributed by atoms with Crippen molar-refractivity contribution in [1.82, 2.24) is 9.78 Å². The maximum Gasteiger partial charge on any atom is 0.435 e. The number of ether oxygens (including phenoxy) is 1. The Balaban J connectivity index is 2.14. The first-order chi connectivity index (χ1) is 13.9. The summed E-state index contributed by atoms with van der Waals surface area (Å²) < 4.78 is 68.6. The fraction of sp³-hybridized carbons (Fsp3) is 0.412. The molecule has 1 amide bonds. The molecule has 0 saturated heterocycles. The summed E-state index contributed by atoms with van der Waals surface area (Å²) in [6.45, 7) is 1.65. The third-order valence-corrected chi connectivity index (χ3v) is 3.91. The van der Waals surface area contributed by atoms with E-state index >= 15 is 0 Å². The van der Waals surface area contributed by atoms with Gasteiger partial charge < -0.3 is 10.1 Å². The number of non-ortho nitro benzene ring substituents is 1. The SMILES string of the molecule is Cc1cc(C(F)(F)F)nn1CC(C)C(=O)Nc1cc(OCC(F)F)cc([N+](=O)[O-])c1. The number of amides is 1. The number of halogens is 5. The number of anilines is 1. The molecule has 0 aliphatic heterocycles. The van der Waals surface area contributed by atoms with Gasteiger partial charge >= 0.3 is 6.18 Å². The number of hydrogen-bond donors (Lipinski definition) is 1. The maximum atomic E-state index is 12.7. The molecule has 1 heterocycles. The first kappa shape index (κ1) is 23.0. The van der Waals surface area contributed by atoms with E-state index in [-0.39, 0.29) is 23.7 Å². The molecule has 0 saturated carbocycles. The molecule has 8 nitrogen and oxygen atoms in total. The molecule has 0 radical (unpaired) electrons. The van der Waals surface area contributed by atoms with Crippen molar-refractivity contribution in [1.29, 1.82) is 0 Å². The average Bonchev–Trinajstić information content (AvgIpc) is 3.00. The van der Waals surface area contributed by atoms with Gasteiger partial charge in [-0.25, -0.2) is 8.78 Å². The lowest BCUT2D eigenvalue weighted by atomic mass is 10.1. The molecule has 2 rings (SSSR count). The Bertz CT molecular complexity index is 929. The van der Waals surface area contributed by atoms with E-state index in [1.54, 1.807) is 0 Å². The van der Waals surface area contributed by atoms with Crippen LogP contribution < -0.4 is 10.1 Å². The Morgan fingerprint density at radius 2 is 1.97 bits per heavy atom. The van der Waals surface area contributed by atoms with E-state index in [1.807, 2.05) is 0 Å². The Labute approximate surface area is 166 Å². The van der Waals surface area contributed by atoms with Crippen LogP contribution in [0, 0.1) is 23.0 Å². The van der Waals surface area contributed by atoms with E-state index in [0.717, 1.165) is 28.9 Å². The van der Waals surface area contributed by atoms with Crippen LogP contribution in [0.5, 0.6) is 5.75 Å². The molecular weight excluding hydrogens is 419 g/mol. The second-order valence-corrected chi connectivity index (χ2v) is 6.42. The molecule has 1 unspecified atom stereocenters. The highest BCUT2D eigenvalue weighted by atomic mass is 19.4. The number of alkyl halides is 5. The summed E-state index contributed by atoms with van der Waals surface area (Å²) in [6.07, 6.45) is -7.43. The molecule has 164 valence electrons. The number of nitrogens with one attached hydrogen (secondary N) is 1. The summed E-state index contributed by atoms with van der Waals surface area (Å²) in [4.78, 5) is 22.6. The molecule has 0 aliphatic rings. The Morgan fingerprint density at radius 3 is 2.50 bits per heavy atom. The molecule has 13 heteroatoms. The van der Waals surface area contributed by atoms with Gasteiger partial charge in [-0.3, -0.25) is 19.6 Å². The lowest BCUT2D eigenvalue weighted by Gasteiger charge is -2.14. The number of nitro benzene ring substituents is 1. The van der Waals surface area contributed by atoms with Crippen LogP contribution >= 0.6 is 0 Å².